The first kappa shape index (κ1) is 31.3. The van der Waals surface area contributed by atoms with Gasteiger partial charge in [-0.1, -0.05) is 31.2 Å². The third-order valence-corrected chi connectivity index (χ3v) is 8.58. The highest BCUT2D eigenvalue weighted by Gasteiger charge is 2.24. The van der Waals surface area contributed by atoms with Crippen molar-refractivity contribution in [3.05, 3.63) is 86.1 Å². The summed E-state index contributed by atoms with van der Waals surface area (Å²) in [5.41, 5.74) is 4.10. The van der Waals surface area contributed by atoms with Gasteiger partial charge < -0.3 is 21.1 Å². The predicted molar refractivity (Wildman–Crippen MR) is 159 cm³/mol. The van der Waals surface area contributed by atoms with Gasteiger partial charge in [-0.25, -0.2) is 8.78 Å². The van der Waals surface area contributed by atoms with Gasteiger partial charge in [-0.15, -0.1) is 11.3 Å². The Hall–Kier alpha value is -3.65. The molecule has 0 saturated heterocycles. The summed E-state index contributed by atoms with van der Waals surface area (Å²) in [6.45, 7) is 2.69. The molecule has 2 aromatic carbocycles. The molecule has 0 bridgehead atoms. The third-order valence-electron chi connectivity index (χ3n) is 7.39. The molecule has 0 fully saturated rings. The summed E-state index contributed by atoms with van der Waals surface area (Å²) in [5, 5.41) is 29.3. The van der Waals surface area contributed by atoms with Crippen molar-refractivity contribution in [2.45, 2.75) is 77.0 Å². The second kappa shape index (κ2) is 15.0. The molecule has 0 unspecified atom stereocenters. The largest absolute Gasteiger partial charge is 0.390 e. The standard InChI is InChI=1S/C32H36F2N4O3S/c1-2-20-6-5-7-21(12-20)18-36-19-27(39)26(15-22-13-23(33)16-24(34)14-22)37-30(40)10-11-31(41)38-32-25-8-3-4-9-28(25)42-29(32)17-35/h5-7,12-14,16,26-27,36,39H,2-4,8-11,15,18-19H2,1H3,(H,37,40)(H,38,41)/t26-,27-/m1/s1. The Morgan fingerprint density at radius 2 is 1.74 bits per heavy atom. The van der Waals surface area contributed by atoms with Gasteiger partial charge in [0.25, 0.3) is 0 Å². The summed E-state index contributed by atoms with van der Waals surface area (Å²) in [7, 11) is 0. The summed E-state index contributed by atoms with van der Waals surface area (Å²) < 4.78 is 27.7. The fraction of sp³-hybridized carbons (Fsp3) is 0.406. The number of nitrogens with zero attached hydrogens (tertiary/aromatic N) is 1. The third kappa shape index (κ3) is 8.68. The molecule has 1 aliphatic carbocycles. The van der Waals surface area contributed by atoms with Crippen molar-refractivity contribution >= 4 is 28.8 Å². The van der Waals surface area contributed by atoms with Crippen LogP contribution in [0.2, 0.25) is 0 Å². The summed E-state index contributed by atoms with van der Waals surface area (Å²) in [6.07, 6.45) is 3.31. The smallest absolute Gasteiger partial charge is 0.224 e. The van der Waals surface area contributed by atoms with Crippen LogP contribution in [-0.2, 0) is 41.8 Å². The number of halogens is 2. The average Bonchev–Trinajstić information content (AvgIpc) is 3.32. The number of thiophene rings is 1. The quantitative estimate of drug-likeness (QED) is 0.224. The minimum absolute atomic E-state index is 0.00659. The van der Waals surface area contributed by atoms with Crippen LogP contribution in [0.3, 0.4) is 0 Å². The Morgan fingerprint density at radius 1 is 1.02 bits per heavy atom. The minimum atomic E-state index is -1.07. The summed E-state index contributed by atoms with van der Waals surface area (Å²) in [4.78, 5) is 27.2. The summed E-state index contributed by atoms with van der Waals surface area (Å²) in [5.74, 6) is -2.35. The molecule has 3 aromatic rings. The fourth-order valence-electron chi connectivity index (χ4n) is 5.22. The number of aryl methyl sites for hydroxylation is 2. The first-order valence-corrected chi connectivity index (χ1v) is 15.1. The molecule has 7 nitrogen and oxygen atoms in total. The number of nitrogens with one attached hydrogen (secondary N) is 3. The van der Waals surface area contributed by atoms with Crippen molar-refractivity contribution in [2.75, 3.05) is 11.9 Å². The van der Waals surface area contributed by atoms with Crippen LogP contribution in [-0.4, -0.2) is 35.6 Å². The first-order chi connectivity index (χ1) is 20.2. The number of carbonyl (C=O) groups is 2. The van der Waals surface area contributed by atoms with Gasteiger partial charge >= 0.3 is 0 Å². The zero-order valence-electron chi connectivity index (χ0n) is 23.6. The monoisotopic (exact) mass is 594 g/mol. The molecule has 4 N–H and O–H groups in total. The van der Waals surface area contributed by atoms with E-state index in [1.54, 1.807) is 0 Å². The zero-order chi connectivity index (χ0) is 30.1. The lowest BCUT2D eigenvalue weighted by Crippen LogP contribution is -2.48. The fourth-order valence-corrected chi connectivity index (χ4v) is 6.36. The highest BCUT2D eigenvalue weighted by atomic mass is 32.1. The van der Waals surface area contributed by atoms with E-state index in [1.165, 1.54) is 29.0 Å². The van der Waals surface area contributed by atoms with Crippen molar-refractivity contribution in [1.82, 2.24) is 10.6 Å². The number of rotatable bonds is 13. The maximum absolute atomic E-state index is 13.9. The second-order valence-corrected chi connectivity index (χ2v) is 11.7. The molecule has 2 atom stereocenters. The number of amides is 2. The van der Waals surface area contributed by atoms with Gasteiger partial charge in [0.2, 0.25) is 11.8 Å². The number of nitriles is 1. The number of aliphatic hydroxyl groups excluding tert-OH is 1. The van der Waals surface area contributed by atoms with Crippen molar-refractivity contribution < 1.29 is 23.5 Å². The molecular weight excluding hydrogens is 558 g/mol. The van der Waals surface area contributed by atoms with E-state index in [0.717, 1.165) is 54.2 Å². The van der Waals surface area contributed by atoms with E-state index < -0.39 is 29.7 Å². The van der Waals surface area contributed by atoms with Crippen molar-refractivity contribution in [2.24, 2.45) is 0 Å². The highest BCUT2D eigenvalue weighted by molar-refractivity contribution is 7.13. The first-order valence-electron chi connectivity index (χ1n) is 14.3. The van der Waals surface area contributed by atoms with Crippen LogP contribution in [0, 0.1) is 23.0 Å². The van der Waals surface area contributed by atoms with E-state index in [-0.39, 0.29) is 37.3 Å². The van der Waals surface area contributed by atoms with E-state index in [4.69, 9.17) is 0 Å². The van der Waals surface area contributed by atoms with Gasteiger partial charge in [0, 0.05) is 36.9 Å². The van der Waals surface area contributed by atoms with Gasteiger partial charge in [0.15, 0.2) is 0 Å². The Balaban J connectivity index is 1.36. The predicted octanol–water partition coefficient (Wildman–Crippen LogP) is 4.94. The minimum Gasteiger partial charge on any atom is -0.390 e. The molecule has 1 aliphatic rings. The van der Waals surface area contributed by atoms with E-state index in [2.05, 4.69) is 35.0 Å². The number of benzene rings is 2. The van der Waals surface area contributed by atoms with Crippen LogP contribution < -0.4 is 16.0 Å². The number of anilines is 1. The second-order valence-electron chi connectivity index (χ2n) is 10.6. The Labute approximate surface area is 249 Å². The number of carbonyl (C=O) groups excluding carboxylic acids is 2. The van der Waals surface area contributed by atoms with E-state index in [9.17, 15) is 28.7 Å². The summed E-state index contributed by atoms with van der Waals surface area (Å²) in [6, 6.07) is 12.5. The molecule has 1 heterocycles. The van der Waals surface area contributed by atoms with Crippen molar-refractivity contribution in [3.63, 3.8) is 0 Å². The lowest BCUT2D eigenvalue weighted by molar-refractivity contribution is -0.125. The number of hydrogen-bond donors (Lipinski definition) is 4. The van der Waals surface area contributed by atoms with Crippen LogP contribution in [0.15, 0.2) is 42.5 Å². The molecule has 0 saturated carbocycles. The van der Waals surface area contributed by atoms with Gasteiger partial charge in [0.05, 0.1) is 17.8 Å². The Kier molecular flexibility index (Phi) is 11.2. The van der Waals surface area contributed by atoms with Gasteiger partial charge in [-0.05, 0) is 72.9 Å². The molecule has 0 aliphatic heterocycles. The SMILES string of the molecule is CCc1cccc(CNC[C@@H](O)[C@@H](Cc2cc(F)cc(F)c2)NC(=O)CCC(=O)Nc2c(C#N)sc3c2CCCC3)c1. The van der Waals surface area contributed by atoms with E-state index >= 15 is 0 Å². The molecular formula is C32H36F2N4O3S. The number of aliphatic hydroxyl groups is 1. The van der Waals surface area contributed by atoms with Crippen LogP contribution >= 0.6 is 11.3 Å². The maximum atomic E-state index is 13.9. The molecule has 4 rings (SSSR count). The van der Waals surface area contributed by atoms with Gasteiger partial charge in [-0.2, -0.15) is 5.26 Å². The van der Waals surface area contributed by atoms with Crippen molar-refractivity contribution in [3.8, 4) is 6.07 Å². The van der Waals surface area contributed by atoms with Gasteiger partial charge in [-0.3, -0.25) is 9.59 Å². The number of fused-ring (bicyclic) bond motifs is 1. The van der Waals surface area contributed by atoms with Crippen molar-refractivity contribution in [1.29, 1.82) is 5.26 Å². The van der Waals surface area contributed by atoms with Crippen LogP contribution in [0.1, 0.15) is 64.6 Å². The molecule has 0 radical (unpaired) electrons. The lowest BCUT2D eigenvalue weighted by Gasteiger charge is -2.25. The molecule has 10 heteroatoms. The molecule has 1 aromatic heterocycles. The zero-order valence-corrected chi connectivity index (χ0v) is 24.5. The van der Waals surface area contributed by atoms with Gasteiger partial charge in [0.1, 0.15) is 22.6 Å². The van der Waals surface area contributed by atoms with E-state index in [1.807, 2.05) is 18.2 Å². The number of hydrogen-bond acceptors (Lipinski definition) is 6. The van der Waals surface area contributed by atoms with E-state index in [0.29, 0.717) is 17.1 Å². The highest BCUT2D eigenvalue weighted by Crippen LogP contribution is 2.38. The lowest BCUT2D eigenvalue weighted by atomic mass is 9.97. The molecule has 42 heavy (non-hydrogen) atoms. The summed E-state index contributed by atoms with van der Waals surface area (Å²) >= 11 is 1.41. The Bertz CT molecular complexity index is 1430. The average molecular weight is 595 g/mol. The Morgan fingerprint density at radius 3 is 2.48 bits per heavy atom. The topological polar surface area (TPSA) is 114 Å². The van der Waals surface area contributed by atoms with Crippen LogP contribution in [0.5, 0.6) is 0 Å². The molecule has 2 amide bonds. The maximum Gasteiger partial charge on any atom is 0.224 e. The normalized spacial score (nSPS) is 14.0. The molecule has 0 spiro atoms. The molecule has 222 valence electrons. The van der Waals surface area contributed by atoms with Crippen LogP contribution in [0.25, 0.3) is 0 Å². The van der Waals surface area contributed by atoms with Crippen LogP contribution in [0.4, 0.5) is 14.5 Å².